The first-order valence-corrected chi connectivity index (χ1v) is 11.4. The van der Waals surface area contributed by atoms with Gasteiger partial charge in [0.25, 0.3) is 5.91 Å². The topological polar surface area (TPSA) is 74.8 Å². The van der Waals surface area contributed by atoms with Crippen LogP contribution in [0.3, 0.4) is 0 Å². The summed E-state index contributed by atoms with van der Waals surface area (Å²) in [7, 11) is 1.62. The highest BCUT2D eigenvalue weighted by molar-refractivity contribution is 6.04. The van der Waals surface area contributed by atoms with Gasteiger partial charge in [0.1, 0.15) is 0 Å². The number of anilines is 3. The number of hydrogen-bond acceptors (Lipinski definition) is 5. The van der Waals surface area contributed by atoms with Crippen molar-refractivity contribution in [2.75, 3.05) is 35.3 Å². The molecule has 176 valence electrons. The molecule has 0 atom stereocenters. The Labute approximate surface area is 200 Å². The van der Waals surface area contributed by atoms with Gasteiger partial charge >= 0.3 is 6.09 Å². The Morgan fingerprint density at radius 2 is 1.68 bits per heavy atom. The molecule has 34 heavy (non-hydrogen) atoms. The zero-order chi connectivity index (χ0) is 24.1. The number of nitrogens with one attached hydrogen (secondary N) is 1. The van der Waals surface area contributed by atoms with Crippen molar-refractivity contribution in [3.63, 3.8) is 0 Å². The lowest BCUT2D eigenvalue weighted by Gasteiger charge is -2.38. The Morgan fingerprint density at radius 3 is 2.35 bits per heavy atom. The highest BCUT2D eigenvalue weighted by Crippen LogP contribution is 2.32. The summed E-state index contributed by atoms with van der Waals surface area (Å²) in [6.07, 6.45) is 3.23. The standard InChI is InChI=1S/C27H30N4O3/c1-27(2)14-17-31(18-15-27)23-11-9-20(10-12-23)25(32)29-21-13-16-28-24(19-21)34-26(33)30(3)22-7-5-4-6-8-22/h4-13,16,19H,14-15,17-18H2,1-3H3,(H,28,29,32). The number of carbonyl (C=O) groups excluding carboxylic acids is 2. The molecule has 0 aliphatic carbocycles. The number of nitrogens with zero attached hydrogens (tertiary/aromatic N) is 3. The summed E-state index contributed by atoms with van der Waals surface area (Å²) in [4.78, 5) is 33.0. The molecule has 1 saturated heterocycles. The summed E-state index contributed by atoms with van der Waals surface area (Å²) in [5.74, 6) is -0.134. The van der Waals surface area contributed by atoms with Crippen LogP contribution >= 0.6 is 0 Å². The van der Waals surface area contributed by atoms with Crippen LogP contribution < -0.4 is 19.9 Å². The van der Waals surface area contributed by atoms with Crippen molar-refractivity contribution >= 4 is 29.1 Å². The molecular formula is C27H30N4O3. The van der Waals surface area contributed by atoms with E-state index < -0.39 is 6.09 Å². The Bertz CT molecular complexity index is 1140. The summed E-state index contributed by atoms with van der Waals surface area (Å²) in [6, 6.07) is 20.0. The van der Waals surface area contributed by atoms with Gasteiger partial charge in [-0.15, -0.1) is 0 Å². The number of para-hydroxylation sites is 1. The summed E-state index contributed by atoms with van der Waals surface area (Å²) in [5.41, 5.74) is 3.28. The van der Waals surface area contributed by atoms with Crippen molar-refractivity contribution < 1.29 is 14.3 Å². The van der Waals surface area contributed by atoms with Gasteiger partial charge in [0.15, 0.2) is 0 Å². The molecule has 3 aromatic rings. The van der Waals surface area contributed by atoms with Gasteiger partial charge in [0, 0.05) is 55.0 Å². The fourth-order valence-electron chi connectivity index (χ4n) is 3.86. The number of hydrogen-bond donors (Lipinski definition) is 1. The van der Waals surface area contributed by atoms with Crippen molar-refractivity contribution in [1.82, 2.24) is 4.98 Å². The minimum atomic E-state index is -0.570. The number of rotatable bonds is 5. The highest BCUT2D eigenvalue weighted by Gasteiger charge is 2.25. The molecule has 0 radical (unpaired) electrons. The first-order valence-electron chi connectivity index (χ1n) is 11.4. The van der Waals surface area contributed by atoms with Gasteiger partial charge in [-0.3, -0.25) is 9.69 Å². The van der Waals surface area contributed by atoms with Crippen molar-refractivity contribution in [3.8, 4) is 5.88 Å². The maximum absolute atomic E-state index is 12.8. The molecule has 0 bridgehead atoms. The molecule has 1 N–H and O–H groups in total. The Kier molecular flexibility index (Phi) is 6.82. The van der Waals surface area contributed by atoms with Crippen LogP contribution in [0.15, 0.2) is 72.9 Å². The van der Waals surface area contributed by atoms with Crippen LogP contribution in [0, 0.1) is 5.41 Å². The van der Waals surface area contributed by atoms with Gasteiger partial charge in [0.05, 0.1) is 0 Å². The second kappa shape index (κ2) is 9.95. The maximum Gasteiger partial charge on any atom is 0.420 e. The number of ether oxygens (including phenoxy) is 1. The molecule has 7 nitrogen and oxygen atoms in total. The molecule has 0 spiro atoms. The van der Waals surface area contributed by atoms with Crippen LogP contribution in [0.25, 0.3) is 0 Å². The van der Waals surface area contributed by atoms with E-state index >= 15 is 0 Å². The van der Waals surface area contributed by atoms with E-state index in [0.717, 1.165) is 31.6 Å². The number of aromatic nitrogens is 1. The first-order chi connectivity index (χ1) is 16.3. The van der Waals surface area contributed by atoms with Gasteiger partial charge < -0.3 is 15.0 Å². The summed E-state index contributed by atoms with van der Waals surface area (Å²) in [5, 5.41) is 2.85. The van der Waals surface area contributed by atoms with Gasteiger partial charge in [-0.05, 0) is 60.7 Å². The summed E-state index contributed by atoms with van der Waals surface area (Å²) >= 11 is 0. The number of amides is 2. The Morgan fingerprint density at radius 1 is 1.00 bits per heavy atom. The summed E-state index contributed by atoms with van der Waals surface area (Å²) in [6.45, 7) is 6.67. The Balaban J connectivity index is 1.36. The molecule has 2 amide bonds. The molecule has 1 fully saturated rings. The molecule has 0 unspecified atom stereocenters. The third kappa shape index (κ3) is 5.73. The third-order valence-electron chi connectivity index (χ3n) is 6.21. The number of benzene rings is 2. The maximum atomic E-state index is 12.8. The number of piperidine rings is 1. The normalized spacial score (nSPS) is 14.9. The molecule has 7 heteroatoms. The fraction of sp³-hybridized carbons (Fsp3) is 0.296. The number of pyridine rings is 1. The van der Waals surface area contributed by atoms with E-state index in [2.05, 4.69) is 29.0 Å². The van der Waals surface area contributed by atoms with Gasteiger partial charge in [-0.25, -0.2) is 9.78 Å². The third-order valence-corrected chi connectivity index (χ3v) is 6.21. The molecular weight excluding hydrogens is 428 g/mol. The van der Waals surface area contributed by atoms with E-state index in [1.54, 1.807) is 13.1 Å². The van der Waals surface area contributed by atoms with E-state index in [1.807, 2.05) is 54.6 Å². The zero-order valence-electron chi connectivity index (χ0n) is 19.8. The van der Waals surface area contributed by atoms with Crippen LogP contribution in [-0.2, 0) is 0 Å². The lowest BCUT2D eigenvalue weighted by atomic mass is 9.82. The number of carbonyl (C=O) groups is 2. The first kappa shape index (κ1) is 23.3. The van der Waals surface area contributed by atoms with Crippen LogP contribution in [0.4, 0.5) is 21.9 Å². The van der Waals surface area contributed by atoms with Crippen LogP contribution in [0.1, 0.15) is 37.0 Å². The van der Waals surface area contributed by atoms with Gasteiger partial charge in [-0.1, -0.05) is 32.0 Å². The van der Waals surface area contributed by atoms with E-state index in [1.165, 1.54) is 17.2 Å². The molecule has 0 saturated carbocycles. The van der Waals surface area contributed by atoms with Crippen LogP contribution in [0.5, 0.6) is 5.88 Å². The molecule has 1 aliphatic rings. The van der Waals surface area contributed by atoms with E-state index in [4.69, 9.17) is 4.74 Å². The van der Waals surface area contributed by atoms with Crippen molar-refractivity contribution in [1.29, 1.82) is 0 Å². The monoisotopic (exact) mass is 458 g/mol. The molecule has 2 aromatic carbocycles. The predicted octanol–water partition coefficient (Wildman–Crippen LogP) is 5.60. The minimum absolute atomic E-state index is 0.106. The molecule has 1 aliphatic heterocycles. The van der Waals surface area contributed by atoms with Crippen LogP contribution in [-0.4, -0.2) is 37.1 Å². The largest absolute Gasteiger partial charge is 0.420 e. The van der Waals surface area contributed by atoms with Gasteiger partial charge in [-0.2, -0.15) is 0 Å². The average molecular weight is 459 g/mol. The van der Waals surface area contributed by atoms with Crippen molar-refractivity contribution in [2.45, 2.75) is 26.7 Å². The van der Waals surface area contributed by atoms with Crippen LogP contribution in [0.2, 0.25) is 0 Å². The molecule has 4 rings (SSSR count). The zero-order valence-corrected chi connectivity index (χ0v) is 19.8. The van der Waals surface area contributed by atoms with E-state index in [-0.39, 0.29) is 11.8 Å². The van der Waals surface area contributed by atoms with Gasteiger partial charge in [0.2, 0.25) is 5.88 Å². The average Bonchev–Trinajstić information content (AvgIpc) is 2.84. The van der Waals surface area contributed by atoms with Crippen molar-refractivity contribution in [3.05, 3.63) is 78.5 Å². The lowest BCUT2D eigenvalue weighted by Crippen LogP contribution is -2.37. The lowest BCUT2D eigenvalue weighted by molar-refractivity contribution is 0.102. The Hall–Kier alpha value is -3.87. The SMILES string of the molecule is CN(C(=O)Oc1cc(NC(=O)c2ccc(N3CCC(C)(C)CC3)cc2)ccn1)c1ccccc1. The molecule has 2 heterocycles. The van der Waals surface area contributed by atoms with E-state index in [0.29, 0.717) is 22.4 Å². The summed E-state index contributed by atoms with van der Waals surface area (Å²) < 4.78 is 5.38. The second-order valence-electron chi connectivity index (χ2n) is 9.30. The van der Waals surface area contributed by atoms with Crippen molar-refractivity contribution in [2.24, 2.45) is 5.41 Å². The fourth-order valence-corrected chi connectivity index (χ4v) is 3.86. The second-order valence-corrected chi connectivity index (χ2v) is 9.30. The smallest absolute Gasteiger partial charge is 0.391 e. The quantitative estimate of drug-likeness (QED) is 0.539. The molecule has 1 aromatic heterocycles. The predicted molar refractivity (Wildman–Crippen MR) is 135 cm³/mol. The minimum Gasteiger partial charge on any atom is -0.391 e. The highest BCUT2D eigenvalue weighted by atomic mass is 16.6. The van der Waals surface area contributed by atoms with E-state index in [9.17, 15) is 9.59 Å².